The lowest BCUT2D eigenvalue weighted by Gasteiger charge is -2.13. The zero-order valence-corrected chi connectivity index (χ0v) is 24.0. The minimum atomic E-state index is 0.979. The van der Waals surface area contributed by atoms with Crippen LogP contribution >= 0.6 is 11.7 Å². The summed E-state index contributed by atoms with van der Waals surface area (Å²) < 4.78 is 9.36. The highest BCUT2D eigenvalue weighted by atomic mass is 32.1. The van der Waals surface area contributed by atoms with Crippen LogP contribution in [0.1, 0.15) is 0 Å². The lowest BCUT2D eigenvalue weighted by Crippen LogP contribution is -1.87. The molecule has 43 heavy (non-hydrogen) atoms. The van der Waals surface area contributed by atoms with Crippen molar-refractivity contribution >= 4 is 65.9 Å². The fraction of sp³-hybridized carbons (Fsp3) is 0. The maximum absolute atomic E-state index is 4.71. The normalized spacial score (nSPS) is 11.7. The molecular weight excluding hydrogens is 541 g/mol. The third-order valence-electron chi connectivity index (χ3n) is 8.71. The molecule has 0 saturated carbocycles. The van der Waals surface area contributed by atoms with E-state index in [4.69, 9.17) is 4.37 Å². The van der Waals surface area contributed by atoms with Crippen molar-refractivity contribution in [2.45, 2.75) is 0 Å². The first kappa shape index (κ1) is 24.2. The van der Waals surface area contributed by atoms with Gasteiger partial charge in [0.25, 0.3) is 0 Å². The molecule has 0 aliphatic heterocycles. The van der Waals surface area contributed by atoms with Crippen molar-refractivity contribution in [2.24, 2.45) is 0 Å². The Bertz CT molecular complexity index is 2520. The number of fused-ring (bicyclic) bond motifs is 9. The highest BCUT2D eigenvalue weighted by Gasteiger charge is 2.14. The molecule has 0 N–H and O–H groups in total. The minimum Gasteiger partial charge on any atom is -0.172 e. The second kappa shape index (κ2) is 9.59. The van der Waals surface area contributed by atoms with Gasteiger partial charge in [0.05, 0.1) is 11.7 Å². The number of aromatic nitrogens is 2. The molecule has 1 aromatic heterocycles. The molecule has 0 radical (unpaired) electrons. The molecule has 2 nitrogen and oxygen atoms in total. The molecule has 0 atom stereocenters. The van der Waals surface area contributed by atoms with Crippen molar-refractivity contribution in [2.75, 3.05) is 0 Å². The predicted molar refractivity (Wildman–Crippen MR) is 184 cm³/mol. The van der Waals surface area contributed by atoms with Gasteiger partial charge < -0.3 is 0 Å². The second-order valence-electron chi connectivity index (χ2n) is 11.1. The van der Waals surface area contributed by atoms with Crippen LogP contribution in [0.5, 0.6) is 0 Å². The Morgan fingerprint density at radius 3 is 1.58 bits per heavy atom. The Morgan fingerprint density at radius 1 is 0.326 bits per heavy atom. The molecule has 200 valence electrons. The van der Waals surface area contributed by atoms with E-state index in [1.807, 2.05) is 0 Å². The summed E-state index contributed by atoms with van der Waals surface area (Å²) in [6, 6.07) is 52.8. The summed E-state index contributed by atoms with van der Waals surface area (Å²) in [5, 5.41) is 9.86. The van der Waals surface area contributed by atoms with E-state index in [0.717, 1.165) is 21.8 Å². The summed E-state index contributed by atoms with van der Waals surface area (Å²) in [6.07, 6.45) is 0. The predicted octanol–water partition coefficient (Wildman–Crippen LogP) is 11.3. The molecule has 0 bridgehead atoms. The molecule has 1 heterocycles. The van der Waals surface area contributed by atoms with Gasteiger partial charge in [0.15, 0.2) is 0 Å². The first-order valence-electron chi connectivity index (χ1n) is 14.5. The monoisotopic (exact) mass is 564 g/mol. The summed E-state index contributed by atoms with van der Waals surface area (Å²) in [5.74, 6) is 0. The fourth-order valence-corrected chi connectivity index (χ4v) is 7.23. The van der Waals surface area contributed by atoms with Gasteiger partial charge in [-0.05, 0) is 90.0 Å². The molecule has 3 heteroatoms. The first-order chi connectivity index (χ1) is 21.3. The number of hydrogen-bond acceptors (Lipinski definition) is 3. The zero-order chi connectivity index (χ0) is 28.3. The summed E-state index contributed by atoms with van der Waals surface area (Å²) >= 11 is 1.28. The first-order valence-corrected chi connectivity index (χ1v) is 15.2. The van der Waals surface area contributed by atoms with E-state index in [-0.39, 0.29) is 0 Å². The Labute approximate surface area is 252 Å². The quantitative estimate of drug-likeness (QED) is 0.199. The molecule has 0 fully saturated rings. The van der Waals surface area contributed by atoms with E-state index in [1.165, 1.54) is 77.4 Å². The van der Waals surface area contributed by atoms with E-state index >= 15 is 0 Å². The molecule has 9 aromatic rings. The fourth-order valence-electron chi connectivity index (χ4n) is 6.66. The zero-order valence-electron chi connectivity index (χ0n) is 23.2. The molecule has 0 unspecified atom stereocenters. The summed E-state index contributed by atoms with van der Waals surface area (Å²) in [7, 11) is 0. The molecule has 0 spiro atoms. The van der Waals surface area contributed by atoms with Crippen molar-refractivity contribution in [3.8, 4) is 33.4 Å². The van der Waals surface area contributed by atoms with Crippen molar-refractivity contribution in [3.05, 3.63) is 146 Å². The standard InChI is InChI=1S/C40H24N2S/c1-2-14-31-30(9-1)24-37(34-17-4-3-15-32(31)34)29-13-8-12-27(22-29)25-10-7-11-26(21-25)28-19-20-35-33-16-5-6-18-36(33)39-40(38(35)23-28)42-43-41-39/h1-24H. The third kappa shape index (κ3) is 3.86. The average molecular weight is 565 g/mol. The van der Waals surface area contributed by atoms with Gasteiger partial charge in [0.1, 0.15) is 11.0 Å². The van der Waals surface area contributed by atoms with Crippen molar-refractivity contribution < 1.29 is 0 Å². The molecule has 9 rings (SSSR count). The smallest absolute Gasteiger partial charge is 0.113 e. The summed E-state index contributed by atoms with van der Waals surface area (Å²) in [6.45, 7) is 0. The Kier molecular flexibility index (Phi) is 5.40. The van der Waals surface area contributed by atoms with Gasteiger partial charge in [-0.25, -0.2) is 0 Å². The average Bonchev–Trinajstić information content (AvgIpc) is 3.59. The number of nitrogens with zero attached hydrogens (tertiary/aromatic N) is 2. The van der Waals surface area contributed by atoms with Crippen LogP contribution < -0.4 is 0 Å². The minimum absolute atomic E-state index is 0.979. The van der Waals surface area contributed by atoms with Crippen molar-refractivity contribution in [3.63, 3.8) is 0 Å². The van der Waals surface area contributed by atoms with Gasteiger partial charge in [-0.15, -0.1) is 0 Å². The van der Waals surface area contributed by atoms with Crippen molar-refractivity contribution in [1.29, 1.82) is 0 Å². The second-order valence-corrected chi connectivity index (χ2v) is 11.6. The van der Waals surface area contributed by atoms with E-state index in [2.05, 4.69) is 150 Å². The number of hydrogen-bond donors (Lipinski definition) is 0. The van der Waals surface area contributed by atoms with Gasteiger partial charge in [-0.3, -0.25) is 0 Å². The van der Waals surface area contributed by atoms with Crippen LogP contribution in [0.25, 0.3) is 87.5 Å². The molecular formula is C40H24N2S. The topological polar surface area (TPSA) is 25.8 Å². The van der Waals surface area contributed by atoms with Crippen LogP contribution in [-0.4, -0.2) is 8.75 Å². The Balaban J connectivity index is 1.17. The highest BCUT2D eigenvalue weighted by Crippen LogP contribution is 2.39. The lowest BCUT2D eigenvalue weighted by molar-refractivity contribution is 1.59. The van der Waals surface area contributed by atoms with Crippen LogP contribution in [0, 0.1) is 0 Å². The van der Waals surface area contributed by atoms with E-state index < -0.39 is 0 Å². The third-order valence-corrected chi connectivity index (χ3v) is 9.23. The lowest BCUT2D eigenvalue weighted by atomic mass is 9.91. The van der Waals surface area contributed by atoms with E-state index in [0.29, 0.717) is 0 Å². The Morgan fingerprint density at radius 2 is 0.837 bits per heavy atom. The Hall–Kier alpha value is -5.38. The molecule has 0 aliphatic carbocycles. The summed E-state index contributed by atoms with van der Waals surface area (Å²) in [5.41, 5.74) is 9.21. The molecule has 0 saturated heterocycles. The van der Waals surface area contributed by atoms with Crippen molar-refractivity contribution in [1.82, 2.24) is 8.75 Å². The van der Waals surface area contributed by atoms with Gasteiger partial charge in [-0.1, -0.05) is 121 Å². The molecule has 0 amide bonds. The van der Waals surface area contributed by atoms with E-state index in [9.17, 15) is 0 Å². The van der Waals surface area contributed by atoms with Crippen LogP contribution in [0.3, 0.4) is 0 Å². The largest absolute Gasteiger partial charge is 0.172 e. The maximum Gasteiger partial charge on any atom is 0.113 e. The van der Waals surface area contributed by atoms with Gasteiger partial charge >= 0.3 is 0 Å². The van der Waals surface area contributed by atoms with Crippen LogP contribution in [0.2, 0.25) is 0 Å². The van der Waals surface area contributed by atoms with Crippen LogP contribution in [-0.2, 0) is 0 Å². The summed E-state index contributed by atoms with van der Waals surface area (Å²) in [4.78, 5) is 0. The van der Waals surface area contributed by atoms with E-state index in [1.54, 1.807) is 0 Å². The van der Waals surface area contributed by atoms with Gasteiger partial charge in [0.2, 0.25) is 0 Å². The highest BCUT2D eigenvalue weighted by molar-refractivity contribution is 7.00. The van der Waals surface area contributed by atoms with Gasteiger partial charge in [-0.2, -0.15) is 8.75 Å². The molecule has 0 aliphatic rings. The van der Waals surface area contributed by atoms with Crippen LogP contribution in [0.4, 0.5) is 0 Å². The van der Waals surface area contributed by atoms with Crippen LogP contribution in [0.15, 0.2) is 146 Å². The van der Waals surface area contributed by atoms with Gasteiger partial charge in [0, 0.05) is 10.8 Å². The molecule has 8 aromatic carbocycles. The maximum atomic E-state index is 4.71. The SMILES string of the molecule is c1cc(-c2cccc(-c3cc4ccccc4c4ccccc34)c2)cc(-c2ccc3c4ccccc4c4nsnc4c3c2)c1. The number of benzene rings is 8. The number of rotatable bonds is 3.